The molecule has 0 bridgehead atoms. The van der Waals surface area contributed by atoms with E-state index in [9.17, 15) is 9.90 Å². The van der Waals surface area contributed by atoms with Gasteiger partial charge in [-0.2, -0.15) is 0 Å². The van der Waals surface area contributed by atoms with Crippen LogP contribution in [0.4, 0.5) is 0 Å². The Balaban J connectivity index is 2.31. The Morgan fingerprint density at radius 2 is 2.28 bits per heavy atom. The highest BCUT2D eigenvalue weighted by Gasteiger charge is 2.41. The highest BCUT2D eigenvalue weighted by molar-refractivity contribution is 9.10. The van der Waals surface area contributed by atoms with Crippen molar-refractivity contribution in [1.82, 2.24) is 4.98 Å². The Morgan fingerprint density at radius 1 is 1.50 bits per heavy atom. The van der Waals surface area contributed by atoms with Crippen LogP contribution >= 0.6 is 15.9 Å². The number of aromatic nitrogens is 1. The molecule has 2 aromatic rings. The maximum absolute atomic E-state index is 11.6. The SMILES string of the molecule is CC1(C(=O)O)CCCc2c1[nH]c1ccc(Br)cc21. The average molecular weight is 308 g/mol. The van der Waals surface area contributed by atoms with Gasteiger partial charge in [-0.15, -0.1) is 0 Å². The van der Waals surface area contributed by atoms with Gasteiger partial charge in [-0.1, -0.05) is 15.9 Å². The fourth-order valence-corrected chi connectivity index (χ4v) is 3.27. The lowest BCUT2D eigenvalue weighted by atomic mass is 9.75. The van der Waals surface area contributed by atoms with Crippen molar-refractivity contribution >= 4 is 32.8 Å². The number of fused-ring (bicyclic) bond motifs is 3. The summed E-state index contributed by atoms with van der Waals surface area (Å²) in [5.74, 6) is -0.742. The molecule has 4 heteroatoms. The normalized spacial score (nSPS) is 23.0. The number of aromatic amines is 1. The quantitative estimate of drug-likeness (QED) is 0.845. The molecule has 18 heavy (non-hydrogen) atoms. The van der Waals surface area contributed by atoms with Crippen LogP contribution in [0.5, 0.6) is 0 Å². The molecule has 0 amide bonds. The first kappa shape index (κ1) is 11.8. The maximum atomic E-state index is 11.6. The number of benzene rings is 1. The molecular formula is C14H14BrNO2. The fraction of sp³-hybridized carbons (Fsp3) is 0.357. The number of rotatable bonds is 1. The minimum absolute atomic E-state index is 0.698. The van der Waals surface area contributed by atoms with Crippen molar-refractivity contribution in [2.24, 2.45) is 0 Å². The molecule has 1 unspecified atom stereocenters. The molecule has 0 saturated carbocycles. The van der Waals surface area contributed by atoms with Crippen LogP contribution in [0.1, 0.15) is 31.0 Å². The molecule has 0 aliphatic heterocycles. The summed E-state index contributed by atoms with van der Waals surface area (Å²) >= 11 is 3.47. The summed E-state index contributed by atoms with van der Waals surface area (Å²) in [5, 5.41) is 10.6. The molecule has 0 saturated heterocycles. The zero-order valence-corrected chi connectivity index (χ0v) is 11.7. The third-order valence-electron chi connectivity index (χ3n) is 4.00. The standard InChI is InChI=1S/C14H14BrNO2/c1-14(13(17)18)6-2-3-9-10-7-8(15)4-5-11(10)16-12(9)14/h4-5,7,16H,2-3,6H2,1H3,(H,17,18). The minimum Gasteiger partial charge on any atom is -0.481 e. The number of hydrogen-bond donors (Lipinski definition) is 2. The summed E-state index contributed by atoms with van der Waals surface area (Å²) in [7, 11) is 0. The van der Waals surface area contributed by atoms with Gasteiger partial charge < -0.3 is 10.1 Å². The first-order chi connectivity index (χ1) is 8.52. The first-order valence-electron chi connectivity index (χ1n) is 6.06. The smallest absolute Gasteiger partial charge is 0.315 e. The van der Waals surface area contributed by atoms with E-state index < -0.39 is 11.4 Å². The third-order valence-corrected chi connectivity index (χ3v) is 4.49. The average Bonchev–Trinajstić information content (AvgIpc) is 2.69. The van der Waals surface area contributed by atoms with E-state index in [1.165, 1.54) is 5.56 Å². The summed E-state index contributed by atoms with van der Waals surface area (Å²) in [5.41, 5.74) is 2.30. The van der Waals surface area contributed by atoms with E-state index >= 15 is 0 Å². The van der Waals surface area contributed by atoms with Gasteiger partial charge in [-0.3, -0.25) is 4.79 Å². The monoisotopic (exact) mass is 307 g/mol. The zero-order chi connectivity index (χ0) is 12.9. The van der Waals surface area contributed by atoms with Crippen LogP contribution in [0.2, 0.25) is 0 Å². The predicted molar refractivity (Wildman–Crippen MR) is 73.9 cm³/mol. The molecule has 3 nitrogen and oxygen atoms in total. The van der Waals surface area contributed by atoms with Gasteiger partial charge in [0.05, 0.1) is 0 Å². The number of carboxylic acids is 1. The van der Waals surface area contributed by atoms with Crippen LogP contribution in [-0.4, -0.2) is 16.1 Å². The topological polar surface area (TPSA) is 53.1 Å². The fourth-order valence-electron chi connectivity index (χ4n) is 2.91. The van der Waals surface area contributed by atoms with Crippen LogP contribution < -0.4 is 0 Å². The Kier molecular flexibility index (Phi) is 2.52. The molecule has 94 valence electrons. The molecule has 0 fully saturated rings. The molecule has 1 aliphatic carbocycles. The summed E-state index contributed by atoms with van der Waals surface area (Å²) in [6.07, 6.45) is 2.58. The van der Waals surface area contributed by atoms with Crippen molar-refractivity contribution in [2.45, 2.75) is 31.6 Å². The number of nitrogens with one attached hydrogen (secondary N) is 1. The molecule has 2 N–H and O–H groups in total. The highest BCUT2D eigenvalue weighted by Crippen LogP contribution is 2.40. The lowest BCUT2D eigenvalue weighted by Gasteiger charge is -2.29. The maximum Gasteiger partial charge on any atom is 0.315 e. The van der Waals surface area contributed by atoms with Crippen LogP contribution in [0, 0.1) is 0 Å². The van der Waals surface area contributed by atoms with Crippen molar-refractivity contribution in [3.8, 4) is 0 Å². The zero-order valence-electron chi connectivity index (χ0n) is 10.1. The third kappa shape index (κ3) is 1.52. The van der Waals surface area contributed by atoms with Gasteiger partial charge in [0, 0.05) is 21.1 Å². The summed E-state index contributed by atoms with van der Waals surface area (Å²) in [4.78, 5) is 14.9. The van der Waals surface area contributed by atoms with E-state index in [-0.39, 0.29) is 0 Å². The minimum atomic E-state index is -0.779. The Labute approximate surface area is 113 Å². The molecular weight excluding hydrogens is 294 g/mol. The molecule has 1 aliphatic rings. The van der Waals surface area contributed by atoms with Crippen LogP contribution in [0.3, 0.4) is 0 Å². The Bertz CT molecular complexity index is 647. The molecule has 0 spiro atoms. The van der Waals surface area contributed by atoms with Gasteiger partial charge in [0.15, 0.2) is 0 Å². The van der Waals surface area contributed by atoms with E-state index in [1.54, 1.807) is 0 Å². The molecule has 3 rings (SSSR count). The van der Waals surface area contributed by atoms with Gasteiger partial charge in [0.25, 0.3) is 0 Å². The van der Waals surface area contributed by atoms with Gasteiger partial charge in [0.1, 0.15) is 5.41 Å². The number of aliphatic carboxylic acids is 1. The van der Waals surface area contributed by atoms with Crippen LogP contribution in [-0.2, 0) is 16.6 Å². The van der Waals surface area contributed by atoms with Crippen molar-refractivity contribution in [1.29, 1.82) is 0 Å². The Morgan fingerprint density at radius 3 is 3.00 bits per heavy atom. The largest absolute Gasteiger partial charge is 0.481 e. The number of halogens is 1. The molecule has 1 aromatic heterocycles. The second kappa shape index (κ2) is 3.85. The molecule has 1 aromatic carbocycles. The lowest BCUT2D eigenvalue weighted by Crippen LogP contribution is -2.36. The van der Waals surface area contributed by atoms with E-state index in [0.717, 1.165) is 33.9 Å². The highest BCUT2D eigenvalue weighted by atomic mass is 79.9. The van der Waals surface area contributed by atoms with Crippen molar-refractivity contribution in [3.63, 3.8) is 0 Å². The second-order valence-electron chi connectivity index (χ2n) is 5.16. The van der Waals surface area contributed by atoms with Crippen molar-refractivity contribution < 1.29 is 9.90 Å². The van der Waals surface area contributed by atoms with E-state index in [2.05, 4.69) is 27.0 Å². The van der Waals surface area contributed by atoms with Gasteiger partial charge in [-0.25, -0.2) is 0 Å². The van der Waals surface area contributed by atoms with Crippen LogP contribution in [0.15, 0.2) is 22.7 Å². The predicted octanol–water partition coefficient (Wildman–Crippen LogP) is 3.61. The number of H-pyrrole nitrogens is 1. The number of carboxylic acid groups (broad SMARTS) is 1. The summed E-state index contributed by atoms with van der Waals surface area (Å²) in [6.45, 7) is 1.82. The van der Waals surface area contributed by atoms with E-state index in [1.807, 2.05) is 19.1 Å². The second-order valence-corrected chi connectivity index (χ2v) is 6.07. The Hall–Kier alpha value is -1.29. The molecule has 1 heterocycles. The lowest BCUT2D eigenvalue weighted by molar-refractivity contribution is -0.143. The summed E-state index contributed by atoms with van der Waals surface area (Å²) < 4.78 is 1.03. The van der Waals surface area contributed by atoms with Crippen molar-refractivity contribution in [3.05, 3.63) is 33.9 Å². The van der Waals surface area contributed by atoms with E-state index in [4.69, 9.17) is 0 Å². The van der Waals surface area contributed by atoms with Crippen molar-refractivity contribution in [2.75, 3.05) is 0 Å². The molecule has 0 radical (unpaired) electrons. The van der Waals surface area contributed by atoms with E-state index in [0.29, 0.717) is 6.42 Å². The van der Waals surface area contributed by atoms with Crippen LogP contribution in [0.25, 0.3) is 10.9 Å². The van der Waals surface area contributed by atoms with Gasteiger partial charge in [0.2, 0.25) is 0 Å². The van der Waals surface area contributed by atoms with Gasteiger partial charge in [-0.05, 0) is 49.9 Å². The number of aryl methyl sites for hydroxylation is 1. The first-order valence-corrected chi connectivity index (χ1v) is 6.85. The number of carbonyl (C=O) groups is 1. The number of hydrogen-bond acceptors (Lipinski definition) is 1. The molecule has 1 atom stereocenters. The summed E-state index contributed by atoms with van der Waals surface area (Å²) in [6, 6.07) is 6.04. The van der Waals surface area contributed by atoms with Gasteiger partial charge >= 0.3 is 5.97 Å².